The zero-order chi connectivity index (χ0) is 12.5. The number of hydrogen-bond acceptors (Lipinski definition) is 3. The highest BCUT2D eigenvalue weighted by Gasteiger charge is 2.45. The maximum absolute atomic E-state index is 13.7. The summed E-state index contributed by atoms with van der Waals surface area (Å²) in [7, 11) is 1.46. The summed E-state index contributed by atoms with van der Waals surface area (Å²) in [6.45, 7) is 0. The van der Waals surface area contributed by atoms with Gasteiger partial charge in [-0.2, -0.15) is 0 Å². The Kier molecular flexibility index (Phi) is 3.09. The van der Waals surface area contributed by atoms with Crippen molar-refractivity contribution >= 4 is 5.78 Å². The molecule has 1 saturated carbocycles. The van der Waals surface area contributed by atoms with E-state index in [0.29, 0.717) is 11.4 Å². The van der Waals surface area contributed by atoms with Crippen molar-refractivity contribution in [2.24, 2.45) is 0 Å². The molecule has 2 rings (SSSR count). The summed E-state index contributed by atoms with van der Waals surface area (Å²) in [5.41, 5.74) is 0.392. The van der Waals surface area contributed by atoms with E-state index in [9.17, 15) is 13.6 Å². The third-order valence-corrected chi connectivity index (χ3v) is 3.05. The standard InChI is InChI=1S/C12H13F2NO2/c1-17-11-3-2-8(7-15-11)10-6-9(16)4-5-12(10,13)14/h2-3,7,10H,4-6H2,1H3. The lowest BCUT2D eigenvalue weighted by atomic mass is 9.81. The number of alkyl halides is 2. The fourth-order valence-electron chi connectivity index (χ4n) is 2.04. The van der Waals surface area contributed by atoms with Gasteiger partial charge in [-0.15, -0.1) is 0 Å². The molecule has 5 heteroatoms. The minimum Gasteiger partial charge on any atom is -0.481 e. The summed E-state index contributed by atoms with van der Waals surface area (Å²) in [4.78, 5) is 15.2. The predicted octanol–water partition coefficient (Wildman–Crippen LogP) is 2.56. The SMILES string of the molecule is COc1ccc(C2CC(=O)CCC2(F)F)cn1. The molecule has 0 aromatic carbocycles. The van der Waals surface area contributed by atoms with Crippen LogP contribution in [0.4, 0.5) is 8.78 Å². The van der Waals surface area contributed by atoms with Crippen LogP contribution < -0.4 is 4.74 Å². The highest BCUT2D eigenvalue weighted by Crippen LogP contribution is 2.43. The Morgan fingerprint density at radius 2 is 2.24 bits per heavy atom. The summed E-state index contributed by atoms with van der Waals surface area (Å²) in [6, 6.07) is 3.08. The number of nitrogens with zero attached hydrogens (tertiary/aromatic N) is 1. The van der Waals surface area contributed by atoms with Crippen LogP contribution in [0.1, 0.15) is 30.7 Å². The van der Waals surface area contributed by atoms with Crippen molar-refractivity contribution in [3.8, 4) is 5.88 Å². The first-order valence-corrected chi connectivity index (χ1v) is 5.42. The average molecular weight is 241 g/mol. The minimum atomic E-state index is -2.83. The van der Waals surface area contributed by atoms with Crippen LogP contribution in [-0.4, -0.2) is 23.8 Å². The van der Waals surface area contributed by atoms with Crippen LogP contribution in [0.25, 0.3) is 0 Å². The Labute approximate surface area is 97.8 Å². The zero-order valence-corrected chi connectivity index (χ0v) is 9.45. The summed E-state index contributed by atoms with van der Waals surface area (Å²) < 4.78 is 32.3. The molecule has 1 aromatic rings. The van der Waals surface area contributed by atoms with E-state index in [4.69, 9.17) is 4.74 Å². The lowest BCUT2D eigenvalue weighted by molar-refractivity contribution is -0.130. The maximum atomic E-state index is 13.7. The molecule has 0 amide bonds. The highest BCUT2D eigenvalue weighted by molar-refractivity contribution is 5.80. The molecular formula is C12H13F2NO2. The van der Waals surface area contributed by atoms with Crippen molar-refractivity contribution in [2.45, 2.75) is 31.1 Å². The van der Waals surface area contributed by atoms with Gasteiger partial charge in [0.15, 0.2) is 0 Å². The van der Waals surface area contributed by atoms with Crippen LogP contribution >= 0.6 is 0 Å². The van der Waals surface area contributed by atoms with Gasteiger partial charge < -0.3 is 4.74 Å². The fraction of sp³-hybridized carbons (Fsp3) is 0.500. The van der Waals surface area contributed by atoms with Crippen molar-refractivity contribution < 1.29 is 18.3 Å². The van der Waals surface area contributed by atoms with Crippen molar-refractivity contribution in [1.82, 2.24) is 4.98 Å². The Morgan fingerprint density at radius 1 is 1.47 bits per heavy atom. The average Bonchev–Trinajstić information content (AvgIpc) is 2.33. The van der Waals surface area contributed by atoms with Gasteiger partial charge in [-0.05, 0) is 5.56 Å². The van der Waals surface area contributed by atoms with Gasteiger partial charge >= 0.3 is 0 Å². The Bertz CT molecular complexity index is 417. The highest BCUT2D eigenvalue weighted by atomic mass is 19.3. The molecule has 1 atom stereocenters. The summed E-state index contributed by atoms with van der Waals surface area (Å²) >= 11 is 0. The normalized spacial score (nSPS) is 23.5. The van der Waals surface area contributed by atoms with Gasteiger partial charge in [-0.1, -0.05) is 6.07 Å². The van der Waals surface area contributed by atoms with E-state index in [0.717, 1.165) is 0 Å². The molecule has 1 unspecified atom stereocenters. The molecule has 0 saturated heterocycles. The molecule has 1 aliphatic carbocycles. The quantitative estimate of drug-likeness (QED) is 0.798. The first-order chi connectivity index (χ1) is 8.03. The molecule has 1 aliphatic rings. The smallest absolute Gasteiger partial charge is 0.255 e. The molecule has 1 aromatic heterocycles. The van der Waals surface area contributed by atoms with Crippen molar-refractivity contribution in [3.05, 3.63) is 23.9 Å². The van der Waals surface area contributed by atoms with Crippen LogP contribution in [0, 0.1) is 0 Å². The lowest BCUT2D eigenvalue weighted by Crippen LogP contribution is -2.33. The second-order valence-electron chi connectivity index (χ2n) is 4.19. The van der Waals surface area contributed by atoms with Gasteiger partial charge in [0.05, 0.1) is 13.0 Å². The largest absolute Gasteiger partial charge is 0.481 e. The lowest BCUT2D eigenvalue weighted by Gasteiger charge is -2.30. The number of Topliss-reactive ketones (excluding diaryl/α,β-unsaturated/α-hetero) is 1. The number of aromatic nitrogens is 1. The summed E-state index contributed by atoms with van der Waals surface area (Å²) in [5, 5.41) is 0. The van der Waals surface area contributed by atoms with Gasteiger partial charge in [0.25, 0.3) is 5.92 Å². The van der Waals surface area contributed by atoms with Crippen molar-refractivity contribution in [2.75, 3.05) is 7.11 Å². The predicted molar refractivity (Wildman–Crippen MR) is 57.3 cm³/mol. The van der Waals surface area contributed by atoms with Gasteiger partial charge in [0.2, 0.25) is 5.88 Å². The Morgan fingerprint density at radius 3 is 2.82 bits per heavy atom. The monoisotopic (exact) mass is 241 g/mol. The molecule has 17 heavy (non-hydrogen) atoms. The van der Waals surface area contributed by atoms with Crippen LogP contribution in [0.15, 0.2) is 18.3 Å². The number of hydrogen-bond donors (Lipinski definition) is 0. The van der Waals surface area contributed by atoms with Gasteiger partial charge in [-0.25, -0.2) is 13.8 Å². The van der Waals surface area contributed by atoms with E-state index in [1.165, 1.54) is 19.4 Å². The number of pyridine rings is 1. The van der Waals surface area contributed by atoms with Gasteiger partial charge in [0, 0.05) is 31.5 Å². The molecule has 0 bridgehead atoms. The van der Waals surface area contributed by atoms with Crippen molar-refractivity contribution in [1.29, 1.82) is 0 Å². The maximum Gasteiger partial charge on any atom is 0.255 e. The number of ether oxygens (including phenoxy) is 1. The van der Waals surface area contributed by atoms with Crippen LogP contribution in [0.2, 0.25) is 0 Å². The van der Waals surface area contributed by atoms with E-state index in [1.54, 1.807) is 6.07 Å². The molecule has 0 N–H and O–H groups in total. The number of carbonyl (C=O) groups is 1. The third kappa shape index (κ3) is 2.43. The fourth-order valence-corrected chi connectivity index (χ4v) is 2.04. The van der Waals surface area contributed by atoms with E-state index in [-0.39, 0.29) is 25.0 Å². The molecule has 0 spiro atoms. The first-order valence-electron chi connectivity index (χ1n) is 5.42. The Balaban J connectivity index is 2.26. The van der Waals surface area contributed by atoms with E-state index >= 15 is 0 Å². The van der Waals surface area contributed by atoms with Crippen LogP contribution in [0.3, 0.4) is 0 Å². The number of methoxy groups -OCH3 is 1. The molecule has 0 aliphatic heterocycles. The van der Waals surface area contributed by atoms with Gasteiger partial charge in [-0.3, -0.25) is 4.79 Å². The zero-order valence-electron chi connectivity index (χ0n) is 9.45. The number of rotatable bonds is 2. The summed E-state index contributed by atoms with van der Waals surface area (Å²) in [6.07, 6.45) is 0.840. The van der Waals surface area contributed by atoms with Crippen LogP contribution in [-0.2, 0) is 4.79 Å². The molecule has 3 nitrogen and oxygen atoms in total. The molecule has 92 valence electrons. The molecule has 0 radical (unpaired) electrons. The molecule has 1 heterocycles. The van der Waals surface area contributed by atoms with Gasteiger partial charge in [0.1, 0.15) is 5.78 Å². The second kappa shape index (κ2) is 4.39. The first kappa shape index (κ1) is 12.0. The minimum absolute atomic E-state index is 0.0346. The van der Waals surface area contributed by atoms with Crippen LogP contribution in [0.5, 0.6) is 5.88 Å². The van der Waals surface area contributed by atoms with E-state index < -0.39 is 11.8 Å². The molecule has 1 fully saturated rings. The number of carbonyl (C=O) groups excluding carboxylic acids is 1. The van der Waals surface area contributed by atoms with E-state index in [1.807, 2.05) is 0 Å². The summed E-state index contributed by atoms with van der Waals surface area (Å²) in [5.74, 6) is -3.62. The number of halogens is 2. The second-order valence-corrected chi connectivity index (χ2v) is 4.19. The van der Waals surface area contributed by atoms with E-state index in [2.05, 4.69) is 4.98 Å². The molecular weight excluding hydrogens is 228 g/mol. The topological polar surface area (TPSA) is 39.2 Å². The number of ketones is 1. The Hall–Kier alpha value is -1.52. The van der Waals surface area contributed by atoms with Crippen molar-refractivity contribution in [3.63, 3.8) is 0 Å². The third-order valence-electron chi connectivity index (χ3n) is 3.05.